The van der Waals surface area contributed by atoms with Gasteiger partial charge in [-0.1, -0.05) is 18.2 Å². The normalized spacial score (nSPS) is 14.4. The summed E-state index contributed by atoms with van der Waals surface area (Å²) in [5.41, 5.74) is 1.60. The molecular weight excluding hydrogens is 423 g/mol. The van der Waals surface area contributed by atoms with Crippen LogP contribution in [0.1, 0.15) is 48.3 Å². The maximum absolute atomic E-state index is 13.2. The lowest BCUT2D eigenvalue weighted by Crippen LogP contribution is -2.50. The van der Waals surface area contributed by atoms with E-state index in [1.807, 2.05) is 19.9 Å². The Bertz CT molecular complexity index is 1210. The predicted octanol–water partition coefficient (Wildman–Crippen LogP) is 4.01. The minimum absolute atomic E-state index is 0.0490. The van der Waals surface area contributed by atoms with E-state index >= 15 is 0 Å². The highest BCUT2D eigenvalue weighted by Gasteiger charge is 2.52. The van der Waals surface area contributed by atoms with Gasteiger partial charge in [0, 0.05) is 13.1 Å². The molecule has 4 rings (SSSR count). The van der Waals surface area contributed by atoms with Crippen molar-refractivity contribution in [3.05, 3.63) is 59.0 Å². The molecule has 0 spiro atoms. The zero-order valence-corrected chi connectivity index (χ0v) is 18.9. The molecule has 2 amide bonds. The highest BCUT2D eigenvalue weighted by Crippen LogP contribution is 2.39. The Morgan fingerprint density at radius 1 is 1.15 bits per heavy atom. The summed E-state index contributed by atoms with van der Waals surface area (Å²) in [6, 6.07) is 9.51. The summed E-state index contributed by atoms with van der Waals surface area (Å²) in [5.74, 6) is -0.332. The lowest BCUT2D eigenvalue weighted by molar-refractivity contribution is -0.134. The third kappa shape index (κ3) is 4.33. The van der Waals surface area contributed by atoms with Crippen LogP contribution in [0.5, 0.6) is 5.75 Å². The average Bonchev–Trinajstić information content (AvgIpc) is 3.49. The van der Waals surface area contributed by atoms with Crippen LogP contribution in [0.3, 0.4) is 0 Å². The van der Waals surface area contributed by atoms with E-state index in [9.17, 15) is 14.0 Å². The number of nitrogens with one attached hydrogen (secondary N) is 2. The Balaban J connectivity index is 1.65. The molecule has 1 fully saturated rings. The van der Waals surface area contributed by atoms with Gasteiger partial charge in [-0.3, -0.25) is 14.7 Å². The second-order valence-corrected chi connectivity index (χ2v) is 8.08. The maximum Gasteiger partial charge on any atom is 0.255 e. The molecule has 0 radical (unpaired) electrons. The highest BCUT2D eigenvalue weighted by atomic mass is 19.1. The number of benzene rings is 2. The largest absolute Gasteiger partial charge is 0.495 e. The molecule has 1 aliphatic rings. The molecule has 33 heavy (non-hydrogen) atoms. The van der Waals surface area contributed by atoms with E-state index < -0.39 is 5.54 Å². The zero-order chi connectivity index (χ0) is 23.6. The number of amides is 2. The third-order valence-corrected chi connectivity index (χ3v) is 6.03. The Morgan fingerprint density at radius 2 is 1.85 bits per heavy atom. The van der Waals surface area contributed by atoms with Gasteiger partial charge in [-0.05, 0) is 62.6 Å². The standard InChI is InChI=1S/C25H27FN4O3/c1-4-30(5-2)24(32)25(14-15-25)27-23(31)18-11-13-20-21(22(18)33-3)19(28-29-20)12-8-16-6-9-17(26)10-7-16/h6-13H,4-5,14-15H2,1-3H3,(H,27,31)(H,28,29)/b12-8+. The van der Waals surface area contributed by atoms with Crippen LogP contribution in [0.25, 0.3) is 23.1 Å². The van der Waals surface area contributed by atoms with Crippen LogP contribution in [-0.2, 0) is 4.79 Å². The molecule has 8 heteroatoms. The second kappa shape index (κ2) is 9.05. The zero-order valence-electron chi connectivity index (χ0n) is 18.9. The number of H-pyrrole nitrogens is 1. The third-order valence-electron chi connectivity index (χ3n) is 6.03. The number of likely N-dealkylation sites (N-methyl/N-ethyl adjacent to an activating group) is 1. The van der Waals surface area contributed by atoms with Crippen molar-refractivity contribution in [2.75, 3.05) is 20.2 Å². The number of rotatable bonds is 8. The lowest BCUT2D eigenvalue weighted by Gasteiger charge is -2.26. The van der Waals surface area contributed by atoms with Crippen molar-refractivity contribution in [3.8, 4) is 5.75 Å². The van der Waals surface area contributed by atoms with Gasteiger partial charge in [0.2, 0.25) is 5.91 Å². The van der Waals surface area contributed by atoms with Crippen molar-refractivity contribution in [2.24, 2.45) is 0 Å². The number of aromatic nitrogens is 2. The van der Waals surface area contributed by atoms with Crippen LogP contribution in [0.4, 0.5) is 4.39 Å². The quantitative estimate of drug-likeness (QED) is 0.543. The molecule has 0 atom stereocenters. The molecule has 0 bridgehead atoms. The van der Waals surface area contributed by atoms with Crippen LogP contribution in [0, 0.1) is 5.82 Å². The average molecular weight is 451 g/mol. The van der Waals surface area contributed by atoms with Crippen LogP contribution in [0.2, 0.25) is 0 Å². The first kappa shape index (κ1) is 22.5. The summed E-state index contributed by atoms with van der Waals surface area (Å²) in [5, 5.41) is 10.9. The van der Waals surface area contributed by atoms with Crippen LogP contribution < -0.4 is 10.1 Å². The molecule has 1 saturated carbocycles. The minimum atomic E-state index is -0.842. The molecule has 0 unspecified atom stereocenters. The van der Waals surface area contributed by atoms with Gasteiger partial charge in [-0.2, -0.15) is 5.10 Å². The molecule has 1 heterocycles. The summed E-state index contributed by atoms with van der Waals surface area (Å²) in [6.07, 6.45) is 4.87. The van der Waals surface area contributed by atoms with Gasteiger partial charge in [0.15, 0.2) is 0 Å². The molecular formula is C25H27FN4O3. The van der Waals surface area contributed by atoms with E-state index in [1.54, 1.807) is 35.2 Å². The van der Waals surface area contributed by atoms with E-state index in [0.717, 1.165) is 5.56 Å². The molecule has 1 aromatic heterocycles. The molecule has 1 aliphatic carbocycles. The van der Waals surface area contributed by atoms with Gasteiger partial charge in [-0.25, -0.2) is 4.39 Å². The first-order chi connectivity index (χ1) is 15.9. The van der Waals surface area contributed by atoms with Crippen molar-refractivity contribution >= 4 is 34.9 Å². The van der Waals surface area contributed by atoms with Gasteiger partial charge in [0.05, 0.1) is 29.3 Å². The molecule has 3 aromatic rings. The SMILES string of the molecule is CCN(CC)C(=O)C1(NC(=O)c2ccc3n[nH]c(/C=C/c4ccc(F)cc4)c3c2OC)CC1. The van der Waals surface area contributed by atoms with Gasteiger partial charge in [0.25, 0.3) is 5.91 Å². The molecule has 2 aromatic carbocycles. The lowest BCUT2D eigenvalue weighted by atomic mass is 10.1. The predicted molar refractivity (Wildman–Crippen MR) is 125 cm³/mol. The molecule has 7 nitrogen and oxygen atoms in total. The van der Waals surface area contributed by atoms with E-state index in [4.69, 9.17) is 4.74 Å². The summed E-state index contributed by atoms with van der Waals surface area (Å²) >= 11 is 0. The fourth-order valence-electron chi connectivity index (χ4n) is 3.98. The smallest absolute Gasteiger partial charge is 0.255 e. The number of aromatic amines is 1. The summed E-state index contributed by atoms with van der Waals surface area (Å²) in [4.78, 5) is 27.9. The summed E-state index contributed by atoms with van der Waals surface area (Å²) in [7, 11) is 1.50. The van der Waals surface area contributed by atoms with E-state index in [-0.39, 0.29) is 17.6 Å². The van der Waals surface area contributed by atoms with Crippen LogP contribution >= 0.6 is 0 Å². The molecule has 172 valence electrons. The Labute approximate surface area is 191 Å². The fraction of sp³-hybridized carbons (Fsp3) is 0.320. The van der Waals surface area contributed by atoms with Crippen molar-refractivity contribution in [3.63, 3.8) is 0 Å². The van der Waals surface area contributed by atoms with Crippen LogP contribution in [0.15, 0.2) is 36.4 Å². The van der Waals surface area contributed by atoms with Gasteiger partial charge >= 0.3 is 0 Å². The number of halogens is 1. The van der Waals surface area contributed by atoms with Gasteiger partial charge < -0.3 is 15.0 Å². The second-order valence-electron chi connectivity index (χ2n) is 8.08. The topological polar surface area (TPSA) is 87.3 Å². The first-order valence-electron chi connectivity index (χ1n) is 11.0. The number of fused-ring (bicyclic) bond motifs is 1. The molecule has 0 aliphatic heterocycles. The summed E-state index contributed by atoms with van der Waals surface area (Å²) < 4.78 is 18.8. The fourth-order valence-corrected chi connectivity index (χ4v) is 3.98. The molecule has 2 N–H and O–H groups in total. The monoisotopic (exact) mass is 450 g/mol. The van der Waals surface area contributed by atoms with Crippen molar-refractivity contribution in [1.82, 2.24) is 20.4 Å². The number of nitrogens with zero attached hydrogens (tertiary/aromatic N) is 2. The first-order valence-corrected chi connectivity index (χ1v) is 11.0. The van der Waals surface area contributed by atoms with Crippen molar-refractivity contribution < 1.29 is 18.7 Å². The number of hydrogen-bond acceptors (Lipinski definition) is 4. The summed E-state index contributed by atoms with van der Waals surface area (Å²) in [6.45, 7) is 5.05. The van der Waals surface area contributed by atoms with Gasteiger partial charge in [-0.15, -0.1) is 0 Å². The highest BCUT2D eigenvalue weighted by molar-refractivity contribution is 6.07. The number of carbonyl (C=O) groups is 2. The minimum Gasteiger partial charge on any atom is -0.495 e. The number of methoxy groups -OCH3 is 1. The Hall–Kier alpha value is -3.68. The maximum atomic E-state index is 13.2. The van der Waals surface area contributed by atoms with E-state index in [1.165, 1.54) is 19.2 Å². The number of carbonyl (C=O) groups excluding carboxylic acids is 2. The van der Waals surface area contributed by atoms with Crippen molar-refractivity contribution in [2.45, 2.75) is 32.2 Å². The van der Waals surface area contributed by atoms with E-state index in [0.29, 0.717) is 53.8 Å². The number of hydrogen-bond donors (Lipinski definition) is 2. The van der Waals surface area contributed by atoms with Crippen LogP contribution in [-0.4, -0.2) is 52.6 Å². The van der Waals surface area contributed by atoms with Crippen molar-refractivity contribution in [1.29, 1.82) is 0 Å². The Kier molecular flexibility index (Phi) is 6.18. The molecule has 0 saturated heterocycles. The van der Waals surface area contributed by atoms with E-state index in [2.05, 4.69) is 15.5 Å². The van der Waals surface area contributed by atoms with Gasteiger partial charge in [0.1, 0.15) is 17.1 Å². The Morgan fingerprint density at radius 3 is 2.45 bits per heavy atom. The number of ether oxygens (including phenoxy) is 1.